The summed E-state index contributed by atoms with van der Waals surface area (Å²) < 4.78 is 9.72. The molecule has 0 radical (unpaired) electrons. The Kier molecular flexibility index (Phi) is 7.16. The van der Waals surface area contributed by atoms with Crippen molar-refractivity contribution in [2.75, 3.05) is 6.61 Å². The molecular weight excluding hydrogens is 436 g/mol. The summed E-state index contributed by atoms with van der Waals surface area (Å²) in [7, 11) is 1.74. The zero-order valence-electron chi connectivity index (χ0n) is 19.8. The van der Waals surface area contributed by atoms with E-state index in [0.29, 0.717) is 12.1 Å². The van der Waals surface area contributed by atoms with Crippen molar-refractivity contribution in [2.24, 2.45) is 7.05 Å². The zero-order valence-corrected chi connectivity index (χ0v) is 19.8. The third-order valence-electron chi connectivity index (χ3n) is 6.37. The van der Waals surface area contributed by atoms with Gasteiger partial charge in [-0.05, 0) is 56.9 Å². The largest absolute Gasteiger partial charge is 0.480 e. The fourth-order valence-electron chi connectivity index (χ4n) is 4.54. The zero-order chi connectivity index (χ0) is 24.4. The number of benzene rings is 1. The second kappa shape index (κ2) is 10.1. The monoisotopic (exact) mass is 468 g/mol. The van der Waals surface area contributed by atoms with E-state index < -0.39 is 18.1 Å². The number of aromatic nitrogens is 3. The molecule has 0 unspecified atom stereocenters. The number of aryl methyl sites for hydroxylation is 2. The van der Waals surface area contributed by atoms with E-state index in [-0.39, 0.29) is 18.2 Å². The predicted molar refractivity (Wildman–Crippen MR) is 129 cm³/mol. The number of carboxylic acid groups (broad SMARTS) is 1. The number of hydrogen-bond donors (Lipinski definition) is 3. The number of hydrogen-bond acceptors (Lipinski definition) is 6. The van der Waals surface area contributed by atoms with Crippen LogP contribution < -0.4 is 10.9 Å². The molecule has 34 heavy (non-hydrogen) atoms. The predicted octanol–water partition coefficient (Wildman–Crippen LogP) is 2.20. The molecule has 9 nitrogen and oxygen atoms in total. The van der Waals surface area contributed by atoms with E-state index in [4.69, 9.17) is 9.72 Å². The van der Waals surface area contributed by atoms with E-state index in [1.807, 2.05) is 24.3 Å². The maximum absolute atomic E-state index is 12.2. The Morgan fingerprint density at radius 1 is 1.32 bits per heavy atom. The van der Waals surface area contributed by atoms with E-state index in [2.05, 4.69) is 9.88 Å². The molecule has 3 N–H and O–H groups in total. The maximum Gasteiger partial charge on any atom is 0.323 e. The minimum Gasteiger partial charge on any atom is -0.480 e. The second-order valence-corrected chi connectivity index (χ2v) is 9.12. The van der Waals surface area contributed by atoms with E-state index in [0.717, 1.165) is 53.9 Å². The number of pyridine rings is 1. The van der Waals surface area contributed by atoms with E-state index in [9.17, 15) is 19.8 Å². The molecule has 0 saturated carbocycles. The number of aliphatic hydroxyl groups excluding tert-OH is 1. The summed E-state index contributed by atoms with van der Waals surface area (Å²) >= 11 is 0. The molecule has 3 atom stereocenters. The second-order valence-electron chi connectivity index (χ2n) is 9.12. The van der Waals surface area contributed by atoms with Crippen LogP contribution in [0.5, 0.6) is 0 Å². The first-order valence-corrected chi connectivity index (χ1v) is 11.7. The van der Waals surface area contributed by atoms with Gasteiger partial charge in [-0.2, -0.15) is 0 Å². The number of aliphatic carboxylic acids is 1. The van der Waals surface area contributed by atoms with Gasteiger partial charge in [0.1, 0.15) is 11.9 Å². The van der Waals surface area contributed by atoms with Crippen molar-refractivity contribution in [2.45, 2.75) is 64.4 Å². The lowest BCUT2D eigenvalue weighted by Crippen LogP contribution is -2.44. The van der Waals surface area contributed by atoms with Crippen LogP contribution in [0.4, 0.5) is 0 Å². The molecule has 0 amide bonds. The van der Waals surface area contributed by atoms with Crippen molar-refractivity contribution in [3.63, 3.8) is 0 Å². The average Bonchev–Trinajstić information content (AvgIpc) is 3.15. The summed E-state index contributed by atoms with van der Waals surface area (Å²) in [6, 6.07) is 6.66. The quantitative estimate of drug-likeness (QED) is 0.464. The van der Waals surface area contributed by atoms with Gasteiger partial charge >= 0.3 is 5.97 Å². The minimum atomic E-state index is -1.10. The van der Waals surface area contributed by atoms with Gasteiger partial charge in [-0.25, -0.2) is 4.98 Å². The van der Waals surface area contributed by atoms with Crippen molar-refractivity contribution < 1.29 is 19.7 Å². The summed E-state index contributed by atoms with van der Waals surface area (Å²) in [5.74, 6) is -0.333. The molecule has 9 heteroatoms. The lowest BCUT2D eigenvalue weighted by atomic mass is 10.1. The number of nitrogens with one attached hydrogen (secondary N) is 1. The van der Waals surface area contributed by atoms with Gasteiger partial charge in [-0.15, -0.1) is 0 Å². The van der Waals surface area contributed by atoms with Crippen LogP contribution in [-0.4, -0.2) is 55.2 Å². The number of ether oxygens (including phenoxy) is 1. The topological polar surface area (TPSA) is 119 Å². The van der Waals surface area contributed by atoms with Crippen molar-refractivity contribution >= 4 is 17.0 Å². The van der Waals surface area contributed by atoms with E-state index >= 15 is 0 Å². The molecule has 0 spiro atoms. The third kappa shape index (κ3) is 5.06. The summed E-state index contributed by atoms with van der Waals surface area (Å²) in [5.41, 5.74) is 4.05. The minimum absolute atomic E-state index is 0.0403. The highest BCUT2D eigenvalue weighted by molar-refractivity contribution is 5.81. The fourth-order valence-corrected chi connectivity index (χ4v) is 4.54. The van der Waals surface area contributed by atoms with Gasteiger partial charge in [0.15, 0.2) is 0 Å². The first kappa shape index (κ1) is 24.1. The highest BCUT2D eigenvalue weighted by Gasteiger charge is 2.23. The summed E-state index contributed by atoms with van der Waals surface area (Å²) in [6.07, 6.45) is 4.09. The van der Waals surface area contributed by atoms with Gasteiger partial charge in [-0.1, -0.05) is 6.07 Å². The summed E-state index contributed by atoms with van der Waals surface area (Å²) in [5, 5.41) is 21.9. The molecular formula is C25H32N4O5. The molecule has 4 rings (SSSR count). The van der Waals surface area contributed by atoms with Gasteiger partial charge in [0.05, 0.1) is 29.8 Å². The first-order chi connectivity index (χ1) is 16.2. The van der Waals surface area contributed by atoms with Crippen LogP contribution in [0.3, 0.4) is 0 Å². The van der Waals surface area contributed by atoms with Crippen molar-refractivity contribution in [1.29, 1.82) is 0 Å². The Morgan fingerprint density at radius 3 is 2.76 bits per heavy atom. The van der Waals surface area contributed by atoms with Gasteiger partial charge in [-0.3, -0.25) is 14.9 Å². The number of nitrogens with zero attached hydrogens (tertiary/aromatic N) is 3. The number of carbonyl (C=O) groups is 1. The Morgan fingerprint density at radius 2 is 2.12 bits per heavy atom. The molecule has 1 aliphatic rings. The molecule has 1 fully saturated rings. The Labute approximate surface area is 198 Å². The van der Waals surface area contributed by atoms with Crippen LogP contribution in [0.15, 0.2) is 35.3 Å². The molecule has 1 aliphatic heterocycles. The standard InChI is InChI=1S/C25H32N4O5/c1-15-10-18(13-28(3)24(15)31)23-27-20-11-17(12-26-22(16(2)30)25(32)33)7-8-21(20)29(23)14-19-6-4-5-9-34-19/h7-8,10-11,13,16,19,22,26,30H,4-6,9,12,14H2,1-3H3,(H,32,33)/t16-,19+,22+/m1/s1. The van der Waals surface area contributed by atoms with Crippen molar-refractivity contribution in [3.05, 3.63) is 51.9 Å². The normalized spacial score (nSPS) is 18.2. The fraction of sp³-hybridized carbons (Fsp3) is 0.480. The van der Waals surface area contributed by atoms with Gasteiger partial charge in [0.2, 0.25) is 0 Å². The molecule has 2 aromatic heterocycles. The van der Waals surface area contributed by atoms with Crippen LogP contribution in [0.1, 0.15) is 37.3 Å². The summed E-state index contributed by atoms with van der Waals surface area (Å²) in [6.45, 7) is 4.95. The van der Waals surface area contributed by atoms with Crippen molar-refractivity contribution in [1.82, 2.24) is 19.4 Å². The third-order valence-corrected chi connectivity index (χ3v) is 6.37. The van der Waals surface area contributed by atoms with Crippen LogP contribution >= 0.6 is 0 Å². The van der Waals surface area contributed by atoms with Crippen LogP contribution in [-0.2, 0) is 29.7 Å². The SMILES string of the molecule is Cc1cc(-c2nc3cc(CN[C@H](C(=O)O)[C@@H](C)O)ccc3n2C[C@@H]2CCCCO2)cn(C)c1=O. The molecule has 3 heterocycles. The highest BCUT2D eigenvalue weighted by atomic mass is 16.5. The highest BCUT2D eigenvalue weighted by Crippen LogP contribution is 2.28. The maximum atomic E-state index is 12.2. The lowest BCUT2D eigenvalue weighted by Gasteiger charge is -2.24. The number of carboxylic acids is 1. The average molecular weight is 469 g/mol. The molecule has 1 saturated heterocycles. The molecule has 3 aromatic rings. The van der Waals surface area contributed by atoms with Gasteiger partial charge in [0, 0.05) is 37.5 Å². The Balaban J connectivity index is 1.72. The summed E-state index contributed by atoms with van der Waals surface area (Å²) in [4.78, 5) is 28.5. The molecule has 0 aliphatic carbocycles. The molecule has 0 bridgehead atoms. The Hall–Kier alpha value is -3.01. The smallest absolute Gasteiger partial charge is 0.323 e. The van der Waals surface area contributed by atoms with Crippen molar-refractivity contribution in [3.8, 4) is 11.4 Å². The molecule has 1 aromatic carbocycles. The number of rotatable bonds is 8. The van der Waals surface area contributed by atoms with Gasteiger partial charge < -0.3 is 24.1 Å². The van der Waals surface area contributed by atoms with Crippen LogP contribution in [0.25, 0.3) is 22.4 Å². The lowest BCUT2D eigenvalue weighted by molar-refractivity contribution is -0.142. The van der Waals surface area contributed by atoms with E-state index in [1.165, 1.54) is 6.92 Å². The first-order valence-electron chi connectivity index (χ1n) is 11.7. The van der Waals surface area contributed by atoms with E-state index in [1.54, 1.807) is 24.7 Å². The van der Waals surface area contributed by atoms with Crippen LogP contribution in [0.2, 0.25) is 0 Å². The molecule has 182 valence electrons. The van der Waals surface area contributed by atoms with Gasteiger partial charge in [0.25, 0.3) is 5.56 Å². The number of imidazole rings is 1. The van der Waals surface area contributed by atoms with Crippen LogP contribution in [0, 0.1) is 6.92 Å². The number of aliphatic hydroxyl groups is 1. The Bertz CT molecular complexity index is 1210. The number of fused-ring (bicyclic) bond motifs is 1.